The van der Waals surface area contributed by atoms with Crippen LogP contribution in [-0.2, 0) is 0 Å². The molecule has 0 bridgehead atoms. The molecule has 0 amide bonds. The van der Waals surface area contributed by atoms with E-state index in [0.717, 1.165) is 11.1 Å². The van der Waals surface area contributed by atoms with E-state index in [1.807, 2.05) is 13.0 Å². The molecule has 1 nitrogen and oxygen atoms in total. The van der Waals surface area contributed by atoms with Crippen molar-refractivity contribution in [2.24, 2.45) is 0 Å². The maximum atomic E-state index is 12.9. The predicted octanol–water partition coefficient (Wildman–Crippen LogP) is 4.17. The number of benzene rings is 1. The molecule has 13 heavy (non-hydrogen) atoms. The molecule has 0 aliphatic heterocycles. The molecule has 3 heteroatoms. The van der Waals surface area contributed by atoms with Crippen LogP contribution in [0.25, 0.3) is 11.0 Å². The molecule has 0 atom stereocenters. The largest absolute Gasteiger partial charge is 0.461 e. The summed E-state index contributed by atoms with van der Waals surface area (Å²) in [6, 6.07) is 4.67. The summed E-state index contributed by atoms with van der Waals surface area (Å²) in [6.07, 6.45) is 0. The van der Waals surface area contributed by atoms with E-state index >= 15 is 0 Å². The number of aryl methyl sites for hydroxylation is 1. The van der Waals surface area contributed by atoms with Crippen molar-refractivity contribution in [1.82, 2.24) is 0 Å². The smallest absolute Gasteiger partial charge is 0.145 e. The van der Waals surface area contributed by atoms with E-state index in [1.165, 1.54) is 6.07 Å². The molecule has 1 aromatic heterocycles. The first kappa shape index (κ1) is 10.1. The molecule has 2 rings (SSSR count). The second-order valence-electron chi connectivity index (χ2n) is 2.66. The Balaban J connectivity index is 0.000000845. The molecule has 0 radical (unpaired) electrons. The van der Waals surface area contributed by atoms with E-state index in [4.69, 9.17) is 16.0 Å². The van der Waals surface area contributed by atoms with Crippen molar-refractivity contribution in [3.05, 3.63) is 34.8 Å². The first-order valence-electron chi connectivity index (χ1n) is 3.52. The Bertz CT molecular complexity index is 395. The van der Waals surface area contributed by atoms with Gasteiger partial charge in [-0.15, -0.1) is 0 Å². The molecule has 0 saturated carbocycles. The summed E-state index contributed by atoms with van der Waals surface area (Å²) < 4.78 is 18.1. The summed E-state index contributed by atoms with van der Waals surface area (Å²) in [5.74, 6) is 0.310. The van der Waals surface area contributed by atoms with E-state index in [9.17, 15) is 4.39 Å². The minimum atomic E-state index is -0.446. The molecule has 70 valence electrons. The van der Waals surface area contributed by atoms with Crippen LogP contribution in [0.4, 0.5) is 4.39 Å². The minimum Gasteiger partial charge on any atom is -0.461 e. The van der Waals surface area contributed by atoms with Crippen LogP contribution in [0.15, 0.2) is 22.6 Å². The molecule has 0 N–H and O–H groups in total. The number of rotatable bonds is 0. The molecule has 0 spiro atoms. The molecule has 0 aliphatic rings. The highest BCUT2D eigenvalue weighted by Crippen LogP contribution is 2.25. The monoisotopic (exact) mass is 200 g/mol. The van der Waals surface area contributed by atoms with Gasteiger partial charge in [0.2, 0.25) is 0 Å². The van der Waals surface area contributed by atoms with Crippen molar-refractivity contribution in [3.8, 4) is 0 Å². The highest BCUT2D eigenvalue weighted by Gasteiger charge is 2.05. The summed E-state index contributed by atoms with van der Waals surface area (Å²) in [7, 11) is 0. The van der Waals surface area contributed by atoms with Gasteiger partial charge in [-0.3, -0.25) is 0 Å². The summed E-state index contributed by atoms with van der Waals surface area (Å²) in [4.78, 5) is 0. The summed E-state index contributed by atoms with van der Waals surface area (Å²) in [5, 5.41) is 0.960. The van der Waals surface area contributed by atoms with Crippen molar-refractivity contribution in [2.45, 2.75) is 14.4 Å². The van der Waals surface area contributed by atoms with Gasteiger partial charge >= 0.3 is 0 Å². The van der Waals surface area contributed by atoms with Gasteiger partial charge in [0.25, 0.3) is 0 Å². The van der Waals surface area contributed by atoms with Gasteiger partial charge in [0, 0.05) is 11.5 Å². The fourth-order valence-electron chi connectivity index (χ4n) is 1.17. The SMILES string of the molecule is C.Cc1cc2cc(Cl)c(F)cc2o1. The van der Waals surface area contributed by atoms with Crippen molar-refractivity contribution in [1.29, 1.82) is 0 Å². The van der Waals surface area contributed by atoms with Crippen LogP contribution in [0.2, 0.25) is 5.02 Å². The van der Waals surface area contributed by atoms with Gasteiger partial charge in [-0.1, -0.05) is 19.0 Å². The zero-order valence-electron chi connectivity index (χ0n) is 6.40. The van der Waals surface area contributed by atoms with Crippen LogP contribution in [0.1, 0.15) is 13.2 Å². The van der Waals surface area contributed by atoms with Gasteiger partial charge in [0.1, 0.15) is 17.2 Å². The molecule has 0 fully saturated rings. The fourth-order valence-corrected chi connectivity index (χ4v) is 1.34. The van der Waals surface area contributed by atoms with E-state index in [0.29, 0.717) is 5.58 Å². The molecule has 1 aromatic carbocycles. The number of fused-ring (bicyclic) bond motifs is 1. The van der Waals surface area contributed by atoms with Crippen LogP contribution >= 0.6 is 11.6 Å². The average Bonchev–Trinajstić information content (AvgIpc) is 2.30. The quantitative estimate of drug-likeness (QED) is 0.622. The topological polar surface area (TPSA) is 13.1 Å². The number of hydrogen-bond donors (Lipinski definition) is 0. The third kappa shape index (κ3) is 1.68. The first-order chi connectivity index (χ1) is 5.66. The Hall–Kier alpha value is -1.02. The lowest BCUT2D eigenvalue weighted by atomic mass is 10.2. The highest BCUT2D eigenvalue weighted by molar-refractivity contribution is 6.31. The van der Waals surface area contributed by atoms with Crippen LogP contribution in [0, 0.1) is 12.7 Å². The van der Waals surface area contributed by atoms with Crippen molar-refractivity contribution in [3.63, 3.8) is 0 Å². The van der Waals surface area contributed by atoms with E-state index < -0.39 is 5.82 Å². The Morgan fingerprint density at radius 1 is 1.31 bits per heavy atom. The van der Waals surface area contributed by atoms with Crippen molar-refractivity contribution >= 4 is 22.6 Å². The third-order valence-corrected chi connectivity index (χ3v) is 1.97. The fraction of sp³-hybridized carbons (Fsp3) is 0.200. The van der Waals surface area contributed by atoms with Gasteiger partial charge in [0.05, 0.1) is 5.02 Å². The molecule has 0 unspecified atom stereocenters. The third-order valence-electron chi connectivity index (χ3n) is 1.68. The van der Waals surface area contributed by atoms with Crippen LogP contribution in [0.3, 0.4) is 0 Å². The second-order valence-corrected chi connectivity index (χ2v) is 3.07. The summed E-state index contributed by atoms with van der Waals surface area (Å²) in [5.41, 5.74) is 0.536. The van der Waals surface area contributed by atoms with E-state index in [-0.39, 0.29) is 12.4 Å². The zero-order chi connectivity index (χ0) is 8.72. The highest BCUT2D eigenvalue weighted by atomic mass is 35.5. The Kier molecular flexibility index (Phi) is 2.62. The maximum Gasteiger partial charge on any atom is 0.145 e. The molecule has 1 heterocycles. The average molecular weight is 201 g/mol. The van der Waals surface area contributed by atoms with Crippen molar-refractivity contribution < 1.29 is 8.81 Å². The summed E-state index contributed by atoms with van der Waals surface area (Å²) >= 11 is 5.58. The summed E-state index contributed by atoms with van der Waals surface area (Å²) in [6.45, 7) is 1.81. The molecule has 2 aromatic rings. The Morgan fingerprint density at radius 3 is 2.69 bits per heavy atom. The standard InChI is InChI=1S/C9H6ClFO.CH4/c1-5-2-6-3-7(10)8(11)4-9(6)12-5;/h2-4H,1H3;1H4. The Morgan fingerprint density at radius 2 is 2.00 bits per heavy atom. The van der Waals surface area contributed by atoms with Gasteiger partial charge < -0.3 is 4.42 Å². The van der Waals surface area contributed by atoms with Gasteiger partial charge in [-0.2, -0.15) is 0 Å². The molecule has 0 aliphatic carbocycles. The van der Waals surface area contributed by atoms with Crippen molar-refractivity contribution in [2.75, 3.05) is 0 Å². The van der Waals surface area contributed by atoms with E-state index in [1.54, 1.807) is 6.07 Å². The number of halogens is 2. The lowest BCUT2D eigenvalue weighted by Gasteiger charge is -1.91. The second kappa shape index (κ2) is 3.38. The van der Waals surface area contributed by atoms with E-state index in [2.05, 4.69) is 0 Å². The maximum absolute atomic E-state index is 12.9. The first-order valence-corrected chi connectivity index (χ1v) is 3.90. The lowest BCUT2D eigenvalue weighted by Crippen LogP contribution is -1.74. The molecular formula is C10H10ClFO. The molecule has 0 saturated heterocycles. The van der Waals surface area contributed by atoms with Gasteiger partial charge in [-0.05, 0) is 19.1 Å². The van der Waals surface area contributed by atoms with Gasteiger partial charge in [0.15, 0.2) is 0 Å². The van der Waals surface area contributed by atoms with Gasteiger partial charge in [-0.25, -0.2) is 4.39 Å². The normalized spacial score (nSPS) is 10.1. The Labute approximate surface area is 81.1 Å². The molecular weight excluding hydrogens is 191 g/mol. The number of hydrogen-bond acceptors (Lipinski definition) is 1. The van der Waals surface area contributed by atoms with Crippen LogP contribution in [0.5, 0.6) is 0 Å². The lowest BCUT2D eigenvalue weighted by molar-refractivity contribution is 0.571. The predicted molar refractivity (Wildman–Crippen MR) is 52.7 cm³/mol. The van der Waals surface area contributed by atoms with Crippen LogP contribution < -0.4 is 0 Å². The number of furan rings is 1. The zero-order valence-corrected chi connectivity index (χ0v) is 7.15. The minimum absolute atomic E-state index is 0. The van der Waals surface area contributed by atoms with Crippen LogP contribution in [-0.4, -0.2) is 0 Å².